The Morgan fingerprint density at radius 2 is 2.27 bits per heavy atom. The van der Waals surface area contributed by atoms with Crippen LogP contribution in [-0.4, -0.2) is 11.0 Å². The van der Waals surface area contributed by atoms with Crippen molar-refractivity contribution in [3.8, 4) is 12.3 Å². The number of nitrogens with zero attached hydrogens (tertiary/aromatic N) is 1. The van der Waals surface area contributed by atoms with Crippen molar-refractivity contribution in [1.29, 1.82) is 0 Å². The summed E-state index contributed by atoms with van der Waals surface area (Å²) in [6, 6.07) is 6.52. The summed E-state index contributed by atoms with van der Waals surface area (Å²) in [5.74, 6) is 2.50. The first-order valence-corrected chi connectivity index (χ1v) is 4.57. The summed E-state index contributed by atoms with van der Waals surface area (Å²) in [5.41, 5.74) is 0.763. The Morgan fingerprint density at radius 3 is 2.87 bits per heavy atom. The van der Waals surface area contributed by atoms with Crippen molar-refractivity contribution in [2.45, 2.75) is 19.5 Å². The van der Waals surface area contributed by atoms with Gasteiger partial charge in [-0.05, 0) is 6.92 Å². The van der Waals surface area contributed by atoms with E-state index >= 15 is 0 Å². The molecule has 1 rings (SSSR count). The van der Waals surface area contributed by atoms with Gasteiger partial charge in [-0.25, -0.2) is 0 Å². The molecule has 0 aliphatic heterocycles. The van der Waals surface area contributed by atoms with E-state index in [1.807, 2.05) is 6.92 Å². The van der Waals surface area contributed by atoms with E-state index in [-0.39, 0.29) is 11.7 Å². The maximum absolute atomic E-state index is 10.7. The minimum absolute atomic E-state index is 0.0928. The van der Waals surface area contributed by atoms with Gasteiger partial charge in [0.1, 0.15) is 0 Å². The molecule has 15 heavy (non-hydrogen) atoms. The average Bonchev–Trinajstić information content (AvgIpc) is 2.26. The van der Waals surface area contributed by atoms with E-state index in [0.717, 1.165) is 0 Å². The SMILES string of the molecule is C#CC(C)NCc1ccccc1[N+](=O)[O-]. The first-order chi connectivity index (χ1) is 7.15. The van der Waals surface area contributed by atoms with Gasteiger partial charge in [0.05, 0.1) is 11.0 Å². The molecule has 0 aliphatic carbocycles. The Bertz CT molecular complexity index is 396. The number of rotatable bonds is 4. The van der Waals surface area contributed by atoms with Gasteiger partial charge in [-0.3, -0.25) is 15.4 Å². The highest BCUT2D eigenvalue weighted by Gasteiger charge is 2.11. The minimum Gasteiger partial charge on any atom is -0.300 e. The fourth-order valence-corrected chi connectivity index (χ4v) is 1.16. The number of nitro benzene ring substituents is 1. The summed E-state index contributed by atoms with van der Waals surface area (Å²) < 4.78 is 0. The van der Waals surface area contributed by atoms with Gasteiger partial charge in [0.2, 0.25) is 0 Å². The van der Waals surface area contributed by atoms with Crippen LogP contribution in [0, 0.1) is 22.5 Å². The summed E-state index contributed by atoms with van der Waals surface area (Å²) in [4.78, 5) is 10.3. The lowest BCUT2D eigenvalue weighted by molar-refractivity contribution is -0.385. The molecule has 1 aromatic rings. The van der Waals surface area contributed by atoms with E-state index in [2.05, 4.69) is 11.2 Å². The van der Waals surface area contributed by atoms with Crippen LogP contribution in [0.3, 0.4) is 0 Å². The van der Waals surface area contributed by atoms with Crippen molar-refractivity contribution in [1.82, 2.24) is 5.32 Å². The molecule has 1 unspecified atom stereocenters. The number of hydrogen-bond acceptors (Lipinski definition) is 3. The van der Waals surface area contributed by atoms with Crippen LogP contribution in [0.25, 0.3) is 0 Å². The maximum Gasteiger partial charge on any atom is 0.273 e. The second-order valence-electron chi connectivity index (χ2n) is 3.16. The Hall–Kier alpha value is -1.86. The normalized spacial score (nSPS) is 11.7. The van der Waals surface area contributed by atoms with Crippen LogP contribution in [0.5, 0.6) is 0 Å². The fourth-order valence-electron chi connectivity index (χ4n) is 1.16. The molecule has 0 aliphatic rings. The molecular weight excluding hydrogens is 192 g/mol. The molecule has 0 saturated carbocycles. The van der Waals surface area contributed by atoms with Crippen LogP contribution < -0.4 is 5.32 Å². The summed E-state index contributed by atoms with van der Waals surface area (Å²) >= 11 is 0. The molecule has 4 heteroatoms. The standard InChI is InChI=1S/C11H12N2O2/c1-3-9(2)12-8-10-6-4-5-7-11(10)13(14)15/h1,4-7,9,12H,8H2,2H3. The smallest absolute Gasteiger partial charge is 0.273 e. The molecule has 1 atom stereocenters. The molecule has 4 nitrogen and oxygen atoms in total. The van der Waals surface area contributed by atoms with Gasteiger partial charge in [0, 0.05) is 18.2 Å². The van der Waals surface area contributed by atoms with Crippen molar-refractivity contribution in [3.05, 3.63) is 39.9 Å². The number of nitro groups is 1. The Labute approximate surface area is 88.5 Å². The van der Waals surface area contributed by atoms with Crippen LogP contribution in [-0.2, 0) is 6.54 Å². The van der Waals surface area contributed by atoms with Crippen molar-refractivity contribution < 1.29 is 4.92 Å². The largest absolute Gasteiger partial charge is 0.300 e. The molecule has 0 aromatic heterocycles. The van der Waals surface area contributed by atoms with Gasteiger partial charge in [-0.15, -0.1) is 6.42 Å². The van der Waals surface area contributed by atoms with Crippen LogP contribution >= 0.6 is 0 Å². The molecular formula is C11H12N2O2. The quantitative estimate of drug-likeness (QED) is 0.461. The summed E-state index contributed by atoms with van der Waals surface area (Å²) in [5, 5.41) is 13.7. The van der Waals surface area contributed by atoms with E-state index in [0.29, 0.717) is 12.1 Å². The monoisotopic (exact) mass is 204 g/mol. The van der Waals surface area contributed by atoms with E-state index in [4.69, 9.17) is 6.42 Å². The fraction of sp³-hybridized carbons (Fsp3) is 0.273. The van der Waals surface area contributed by atoms with E-state index in [1.54, 1.807) is 18.2 Å². The van der Waals surface area contributed by atoms with Crippen LogP contribution in [0.1, 0.15) is 12.5 Å². The lowest BCUT2D eigenvalue weighted by atomic mass is 10.1. The van der Waals surface area contributed by atoms with Gasteiger partial charge in [0.25, 0.3) is 5.69 Å². The summed E-state index contributed by atoms with van der Waals surface area (Å²) in [6.07, 6.45) is 5.19. The number of para-hydroxylation sites is 1. The first kappa shape index (κ1) is 11.2. The molecule has 0 fully saturated rings. The minimum atomic E-state index is -0.391. The molecule has 78 valence electrons. The third-order valence-corrected chi connectivity index (χ3v) is 2.04. The zero-order valence-corrected chi connectivity index (χ0v) is 8.43. The van der Waals surface area contributed by atoms with Gasteiger partial charge >= 0.3 is 0 Å². The maximum atomic E-state index is 10.7. The Morgan fingerprint density at radius 1 is 1.60 bits per heavy atom. The topological polar surface area (TPSA) is 55.2 Å². The molecule has 0 spiro atoms. The third-order valence-electron chi connectivity index (χ3n) is 2.04. The van der Waals surface area contributed by atoms with Gasteiger partial charge in [-0.2, -0.15) is 0 Å². The second kappa shape index (κ2) is 5.13. The second-order valence-corrected chi connectivity index (χ2v) is 3.16. The van der Waals surface area contributed by atoms with Crippen molar-refractivity contribution in [2.75, 3.05) is 0 Å². The van der Waals surface area contributed by atoms with Gasteiger partial charge < -0.3 is 0 Å². The number of hydrogen-bond donors (Lipinski definition) is 1. The molecule has 0 amide bonds. The summed E-state index contributed by atoms with van der Waals surface area (Å²) in [6.45, 7) is 2.23. The lowest BCUT2D eigenvalue weighted by Gasteiger charge is -2.07. The highest BCUT2D eigenvalue weighted by molar-refractivity contribution is 5.39. The molecule has 1 aromatic carbocycles. The van der Waals surface area contributed by atoms with E-state index in [1.165, 1.54) is 6.07 Å². The van der Waals surface area contributed by atoms with Gasteiger partial charge in [0.15, 0.2) is 0 Å². The highest BCUT2D eigenvalue weighted by Crippen LogP contribution is 2.17. The molecule has 0 bridgehead atoms. The summed E-state index contributed by atoms with van der Waals surface area (Å²) in [7, 11) is 0. The number of nitrogens with one attached hydrogen (secondary N) is 1. The molecule has 0 saturated heterocycles. The van der Waals surface area contributed by atoms with Crippen LogP contribution in [0.2, 0.25) is 0 Å². The van der Waals surface area contributed by atoms with Gasteiger partial charge in [-0.1, -0.05) is 24.1 Å². The Balaban J connectivity index is 2.77. The van der Waals surface area contributed by atoms with Crippen molar-refractivity contribution in [3.63, 3.8) is 0 Å². The van der Waals surface area contributed by atoms with E-state index in [9.17, 15) is 10.1 Å². The van der Waals surface area contributed by atoms with Crippen molar-refractivity contribution >= 4 is 5.69 Å². The molecule has 0 radical (unpaired) electrons. The lowest BCUT2D eigenvalue weighted by Crippen LogP contribution is -2.23. The zero-order chi connectivity index (χ0) is 11.3. The Kier molecular flexibility index (Phi) is 3.83. The van der Waals surface area contributed by atoms with E-state index < -0.39 is 4.92 Å². The molecule has 1 N–H and O–H groups in total. The molecule has 0 heterocycles. The first-order valence-electron chi connectivity index (χ1n) is 4.57. The predicted octanol–water partition coefficient (Wildman–Crippen LogP) is 1.71. The predicted molar refractivity (Wildman–Crippen MR) is 58.2 cm³/mol. The number of terminal acetylenes is 1. The van der Waals surface area contributed by atoms with Crippen LogP contribution in [0.15, 0.2) is 24.3 Å². The third kappa shape index (κ3) is 3.08. The highest BCUT2D eigenvalue weighted by atomic mass is 16.6. The zero-order valence-electron chi connectivity index (χ0n) is 8.43. The average molecular weight is 204 g/mol. The number of benzene rings is 1. The van der Waals surface area contributed by atoms with Crippen LogP contribution in [0.4, 0.5) is 5.69 Å². The van der Waals surface area contributed by atoms with Crippen molar-refractivity contribution in [2.24, 2.45) is 0 Å².